The van der Waals surface area contributed by atoms with Crippen LogP contribution in [0.3, 0.4) is 0 Å². The number of carbonyl (C=O) groups is 2. The van der Waals surface area contributed by atoms with Crippen molar-refractivity contribution in [3.63, 3.8) is 0 Å². The minimum absolute atomic E-state index is 0.0969. The Morgan fingerprint density at radius 2 is 2.00 bits per heavy atom. The van der Waals surface area contributed by atoms with Crippen LogP contribution in [0.2, 0.25) is 0 Å². The first-order valence-corrected chi connectivity index (χ1v) is 7.02. The van der Waals surface area contributed by atoms with Crippen LogP contribution >= 0.6 is 11.3 Å². The summed E-state index contributed by atoms with van der Waals surface area (Å²) in [5, 5.41) is 3.75. The first-order valence-electron chi connectivity index (χ1n) is 6.20. The molecule has 0 spiro atoms. The average Bonchev–Trinajstić information content (AvgIpc) is 2.79. The van der Waals surface area contributed by atoms with Crippen molar-refractivity contribution < 1.29 is 14.3 Å². The molecule has 0 amide bonds. The summed E-state index contributed by atoms with van der Waals surface area (Å²) in [4.78, 5) is 27.5. The Bertz CT molecular complexity index is 468. The second-order valence-electron chi connectivity index (χ2n) is 4.85. The monoisotopic (exact) mass is 284 g/mol. The van der Waals surface area contributed by atoms with Crippen molar-refractivity contribution in [2.75, 3.05) is 19.0 Å². The van der Waals surface area contributed by atoms with E-state index in [0.29, 0.717) is 21.8 Å². The molecule has 0 fully saturated rings. The van der Waals surface area contributed by atoms with Gasteiger partial charge in [-0.1, -0.05) is 32.1 Å². The number of anilines is 1. The van der Waals surface area contributed by atoms with Crippen molar-refractivity contribution in [1.29, 1.82) is 0 Å². The van der Waals surface area contributed by atoms with Crippen molar-refractivity contribution in [1.82, 2.24) is 4.98 Å². The Morgan fingerprint density at radius 3 is 2.47 bits per heavy atom. The Hall–Kier alpha value is -1.43. The molecule has 1 N–H and O–H groups in total. The number of methoxy groups -OCH3 is 1. The summed E-state index contributed by atoms with van der Waals surface area (Å²) in [6.07, 6.45) is 0. The molecule has 0 saturated heterocycles. The highest BCUT2D eigenvalue weighted by atomic mass is 32.1. The van der Waals surface area contributed by atoms with Crippen LogP contribution in [-0.4, -0.2) is 30.4 Å². The van der Waals surface area contributed by atoms with E-state index >= 15 is 0 Å². The summed E-state index contributed by atoms with van der Waals surface area (Å²) < 4.78 is 4.63. The van der Waals surface area contributed by atoms with Crippen molar-refractivity contribution in [2.45, 2.75) is 27.7 Å². The van der Waals surface area contributed by atoms with Crippen LogP contribution in [0.1, 0.15) is 47.9 Å². The van der Waals surface area contributed by atoms with Gasteiger partial charge >= 0.3 is 5.97 Å². The van der Waals surface area contributed by atoms with E-state index in [2.05, 4.69) is 35.8 Å². The zero-order valence-electron chi connectivity index (χ0n) is 11.9. The summed E-state index contributed by atoms with van der Waals surface area (Å²) in [6, 6.07) is 0. The first-order chi connectivity index (χ1) is 8.86. The molecule has 6 heteroatoms. The number of aromatic nitrogens is 1. The second kappa shape index (κ2) is 6.65. The molecule has 106 valence electrons. The molecule has 1 rings (SSSR count). The first kappa shape index (κ1) is 15.6. The third-order valence-electron chi connectivity index (χ3n) is 3.04. The van der Waals surface area contributed by atoms with Crippen LogP contribution in [-0.2, 0) is 4.74 Å². The molecule has 0 aliphatic rings. The molecule has 5 nitrogen and oxygen atoms in total. The maximum atomic E-state index is 11.5. The summed E-state index contributed by atoms with van der Waals surface area (Å²) in [7, 11) is 1.28. The van der Waals surface area contributed by atoms with Crippen molar-refractivity contribution in [2.24, 2.45) is 11.8 Å². The number of ketones is 1. The number of esters is 1. The van der Waals surface area contributed by atoms with Crippen LogP contribution in [0.5, 0.6) is 0 Å². The smallest absolute Gasteiger partial charge is 0.358 e. The number of nitrogens with one attached hydrogen (secondary N) is 1. The van der Waals surface area contributed by atoms with Gasteiger partial charge in [-0.05, 0) is 11.8 Å². The van der Waals surface area contributed by atoms with Gasteiger partial charge in [-0.25, -0.2) is 9.78 Å². The van der Waals surface area contributed by atoms with Gasteiger partial charge in [0.05, 0.1) is 7.11 Å². The summed E-state index contributed by atoms with van der Waals surface area (Å²) >= 11 is 1.19. The molecule has 19 heavy (non-hydrogen) atoms. The molecule has 1 unspecified atom stereocenters. The van der Waals surface area contributed by atoms with E-state index in [-0.39, 0.29) is 11.5 Å². The minimum Gasteiger partial charge on any atom is -0.464 e. The average molecular weight is 284 g/mol. The Labute approximate surface area is 117 Å². The van der Waals surface area contributed by atoms with Gasteiger partial charge in [-0.15, -0.1) is 0 Å². The van der Waals surface area contributed by atoms with E-state index in [9.17, 15) is 9.59 Å². The third-order valence-corrected chi connectivity index (χ3v) is 4.15. The molecule has 1 heterocycles. The molecule has 1 aromatic heterocycles. The summed E-state index contributed by atoms with van der Waals surface area (Å²) in [5.74, 6) is 0.278. The van der Waals surface area contributed by atoms with Gasteiger partial charge in [-0.3, -0.25) is 4.79 Å². The Morgan fingerprint density at radius 1 is 1.37 bits per heavy atom. The number of rotatable bonds is 6. The SMILES string of the molecule is COC(=O)c1nc(NCC(C)C(C)C)sc1C(C)=O. The van der Waals surface area contributed by atoms with E-state index in [1.807, 2.05) is 0 Å². The minimum atomic E-state index is -0.577. The standard InChI is InChI=1S/C13H20N2O3S/c1-7(2)8(3)6-14-13-15-10(12(17)18-5)11(19-13)9(4)16/h7-8H,6H2,1-5H3,(H,14,15). The van der Waals surface area contributed by atoms with Gasteiger partial charge in [-0.2, -0.15) is 0 Å². The maximum Gasteiger partial charge on any atom is 0.358 e. The van der Waals surface area contributed by atoms with Crippen molar-refractivity contribution in [3.8, 4) is 0 Å². The van der Waals surface area contributed by atoms with Crippen LogP contribution in [0.4, 0.5) is 5.13 Å². The lowest BCUT2D eigenvalue weighted by molar-refractivity contribution is 0.0591. The number of Topliss-reactive ketones (excluding diaryl/α,β-unsaturated/α-hetero) is 1. The van der Waals surface area contributed by atoms with E-state index < -0.39 is 5.97 Å². The molecule has 0 bridgehead atoms. The van der Waals surface area contributed by atoms with Crippen molar-refractivity contribution in [3.05, 3.63) is 10.6 Å². The quantitative estimate of drug-likeness (QED) is 0.642. The maximum absolute atomic E-state index is 11.5. The van der Waals surface area contributed by atoms with Crippen LogP contribution in [0, 0.1) is 11.8 Å². The van der Waals surface area contributed by atoms with E-state index in [0.717, 1.165) is 6.54 Å². The third kappa shape index (κ3) is 4.02. The number of ether oxygens (including phenoxy) is 1. The fourth-order valence-corrected chi connectivity index (χ4v) is 2.21. The van der Waals surface area contributed by atoms with Gasteiger partial charge in [0.1, 0.15) is 4.88 Å². The fourth-order valence-electron chi connectivity index (χ4n) is 1.35. The topological polar surface area (TPSA) is 68.3 Å². The number of thiazole rings is 1. The Kier molecular flexibility index (Phi) is 5.47. The summed E-state index contributed by atoms with van der Waals surface area (Å²) in [5.41, 5.74) is 0.0969. The van der Waals surface area contributed by atoms with Gasteiger partial charge in [0.2, 0.25) is 0 Å². The predicted octanol–water partition coefficient (Wildman–Crippen LogP) is 2.84. The lowest BCUT2D eigenvalue weighted by atomic mass is 9.98. The molecular formula is C13H20N2O3S. The van der Waals surface area contributed by atoms with E-state index in [4.69, 9.17) is 0 Å². The van der Waals surface area contributed by atoms with E-state index in [1.165, 1.54) is 25.4 Å². The van der Waals surface area contributed by atoms with Crippen LogP contribution in [0.25, 0.3) is 0 Å². The molecule has 0 aliphatic heterocycles. The predicted molar refractivity (Wildman–Crippen MR) is 75.9 cm³/mol. The summed E-state index contributed by atoms with van der Waals surface area (Å²) in [6.45, 7) is 8.60. The van der Waals surface area contributed by atoms with Gasteiger partial charge in [0.15, 0.2) is 16.6 Å². The zero-order chi connectivity index (χ0) is 14.6. The zero-order valence-corrected chi connectivity index (χ0v) is 12.8. The van der Waals surface area contributed by atoms with Crippen LogP contribution < -0.4 is 5.32 Å². The second-order valence-corrected chi connectivity index (χ2v) is 5.85. The van der Waals surface area contributed by atoms with Crippen molar-refractivity contribution >= 4 is 28.2 Å². The largest absolute Gasteiger partial charge is 0.464 e. The lowest BCUT2D eigenvalue weighted by Crippen LogP contribution is -2.16. The Balaban J connectivity index is 2.86. The lowest BCUT2D eigenvalue weighted by Gasteiger charge is -2.15. The highest BCUT2D eigenvalue weighted by molar-refractivity contribution is 7.17. The molecule has 0 radical (unpaired) electrons. The molecule has 1 atom stereocenters. The van der Waals surface area contributed by atoms with Crippen LogP contribution in [0.15, 0.2) is 0 Å². The molecule has 0 aromatic carbocycles. The highest BCUT2D eigenvalue weighted by Gasteiger charge is 2.22. The molecule has 1 aromatic rings. The molecular weight excluding hydrogens is 264 g/mol. The molecule has 0 aliphatic carbocycles. The van der Waals surface area contributed by atoms with Gasteiger partial charge < -0.3 is 10.1 Å². The number of nitrogens with zero attached hydrogens (tertiary/aromatic N) is 1. The van der Waals surface area contributed by atoms with E-state index in [1.54, 1.807) is 0 Å². The number of hydrogen-bond acceptors (Lipinski definition) is 6. The van der Waals surface area contributed by atoms with Gasteiger partial charge in [0, 0.05) is 13.5 Å². The number of hydrogen-bond donors (Lipinski definition) is 1. The fraction of sp³-hybridized carbons (Fsp3) is 0.615. The normalized spacial score (nSPS) is 12.3. The number of carbonyl (C=O) groups excluding carboxylic acids is 2. The highest BCUT2D eigenvalue weighted by Crippen LogP contribution is 2.25. The van der Waals surface area contributed by atoms with Gasteiger partial charge in [0.25, 0.3) is 0 Å². The molecule has 0 saturated carbocycles.